The highest BCUT2D eigenvalue weighted by Gasteiger charge is 2.17. The second-order valence-electron chi connectivity index (χ2n) is 3.89. The van der Waals surface area contributed by atoms with Crippen molar-refractivity contribution in [1.29, 1.82) is 0 Å². The van der Waals surface area contributed by atoms with E-state index >= 15 is 0 Å². The van der Waals surface area contributed by atoms with Crippen molar-refractivity contribution in [2.45, 2.75) is 0 Å². The van der Waals surface area contributed by atoms with E-state index in [9.17, 15) is 9.18 Å². The minimum Gasteiger partial charge on any atom is -0.323 e. The number of nitrogens with two attached hydrogens (primary N) is 1. The monoisotopic (exact) mass is 260 g/mol. The molecule has 0 aliphatic carbocycles. The van der Waals surface area contributed by atoms with Gasteiger partial charge in [-0.1, -0.05) is 12.1 Å². The highest BCUT2D eigenvalue weighted by atomic mass is 19.1. The summed E-state index contributed by atoms with van der Waals surface area (Å²) in [5.41, 5.74) is 3.42. The van der Waals surface area contributed by atoms with Crippen LogP contribution >= 0.6 is 0 Å². The van der Waals surface area contributed by atoms with Crippen molar-refractivity contribution in [1.82, 2.24) is 4.98 Å². The number of nitrogens with zero attached hydrogens (tertiary/aromatic N) is 2. The Bertz CT molecular complexity index is 585. The van der Waals surface area contributed by atoms with Crippen LogP contribution in [0.5, 0.6) is 0 Å². The van der Waals surface area contributed by atoms with E-state index in [1.54, 1.807) is 18.2 Å². The molecule has 1 amide bonds. The Morgan fingerprint density at radius 3 is 2.63 bits per heavy atom. The fourth-order valence-electron chi connectivity index (χ4n) is 1.61. The molecule has 0 atom stereocenters. The van der Waals surface area contributed by atoms with Gasteiger partial charge in [-0.3, -0.25) is 10.6 Å². The van der Waals surface area contributed by atoms with Crippen molar-refractivity contribution >= 4 is 17.3 Å². The van der Waals surface area contributed by atoms with Crippen LogP contribution in [0, 0.1) is 5.82 Å². The average molecular weight is 260 g/mol. The van der Waals surface area contributed by atoms with Crippen LogP contribution in [0.1, 0.15) is 10.5 Å². The number of nitrogens with one attached hydrogen (secondary N) is 1. The summed E-state index contributed by atoms with van der Waals surface area (Å²) < 4.78 is 13.6. The van der Waals surface area contributed by atoms with E-state index in [1.807, 2.05) is 0 Å². The third-order valence-corrected chi connectivity index (χ3v) is 2.67. The normalized spacial score (nSPS) is 10.1. The number of carbonyl (C=O) groups is 1. The number of benzene rings is 1. The van der Waals surface area contributed by atoms with Crippen LogP contribution in [-0.2, 0) is 0 Å². The molecule has 2 rings (SSSR count). The summed E-state index contributed by atoms with van der Waals surface area (Å²) in [6, 6.07) is 9.20. The molecule has 1 heterocycles. The summed E-state index contributed by atoms with van der Waals surface area (Å²) in [6.07, 6.45) is 1.43. The van der Waals surface area contributed by atoms with Gasteiger partial charge in [0, 0.05) is 7.05 Å². The fraction of sp³-hybridized carbons (Fsp3) is 0.0769. The Labute approximate surface area is 109 Å². The molecule has 0 saturated carbocycles. The second-order valence-corrected chi connectivity index (χ2v) is 3.89. The second kappa shape index (κ2) is 5.45. The van der Waals surface area contributed by atoms with Gasteiger partial charge in [0.15, 0.2) is 0 Å². The molecule has 2 aromatic rings. The molecule has 19 heavy (non-hydrogen) atoms. The zero-order chi connectivity index (χ0) is 13.8. The van der Waals surface area contributed by atoms with Gasteiger partial charge in [0.1, 0.15) is 11.5 Å². The third-order valence-electron chi connectivity index (χ3n) is 2.67. The first-order valence-electron chi connectivity index (χ1n) is 5.58. The SMILES string of the molecule is CN(C(=O)c1ccc(NN)cn1)c1ccccc1F. The van der Waals surface area contributed by atoms with Gasteiger partial charge in [0.2, 0.25) is 0 Å². The van der Waals surface area contributed by atoms with E-state index in [1.165, 1.54) is 36.3 Å². The lowest BCUT2D eigenvalue weighted by atomic mass is 10.2. The van der Waals surface area contributed by atoms with Crippen LogP contribution in [0.25, 0.3) is 0 Å². The van der Waals surface area contributed by atoms with E-state index in [2.05, 4.69) is 10.4 Å². The molecule has 0 spiro atoms. The summed E-state index contributed by atoms with van der Waals surface area (Å²) in [7, 11) is 1.50. The highest BCUT2D eigenvalue weighted by Crippen LogP contribution is 2.19. The molecule has 6 heteroatoms. The Morgan fingerprint density at radius 1 is 1.32 bits per heavy atom. The predicted molar refractivity (Wildman–Crippen MR) is 71.2 cm³/mol. The first-order valence-corrected chi connectivity index (χ1v) is 5.58. The van der Waals surface area contributed by atoms with Crippen molar-refractivity contribution in [2.75, 3.05) is 17.4 Å². The smallest absolute Gasteiger partial charge is 0.276 e. The van der Waals surface area contributed by atoms with Gasteiger partial charge in [0.25, 0.3) is 5.91 Å². The molecule has 0 fully saturated rings. The minimum absolute atomic E-state index is 0.204. The maximum Gasteiger partial charge on any atom is 0.276 e. The standard InChI is InChI=1S/C13H13FN4O/c1-18(12-5-3-2-4-10(12)14)13(19)11-7-6-9(17-15)8-16-11/h2-8,17H,15H2,1H3. The summed E-state index contributed by atoms with van der Waals surface area (Å²) in [5, 5.41) is 0. The number of rotatable bonds is 3. The van der Waals surface area contributed by atoms with Crippen molar-refractivity contribution in [3.05, 3.63) is 54.1 Å². The molecule has 0 unspecified atom stereocenters. The average Bonchev–Trinajstić information content (AvgIpc) is 2.46. The Hall–Kier alpha value is -2.47. The Balaban J connectivity index is 2.26. The largest absolute Gasteiger partial charge is 0.323 e. The lowest BCUT2D eigenvalue weighted by molar-refractivity contribution is 0.0987. The van der Waals surface area contributed by atoms with Crippen molar-refractivity contribution < 1.29 is 9.18 Å². The van der Waals surface area contributed by atoms with Gasteiger partial charge < -0.3 is 10.3 Å². The summed E-state index contributed by atoms with van der Waals surface area (Å²) >= 11 is 0. The number of nitrogen functional groups attached to an aromatic ring is 1. The van der Waals surface area contributed by atoms with Gasteiger partial charge >= 0.3 is 0 Å². The molecule has 0 saturated heterocycles. The lowest BCUT2D eigenvalue weighted by Gasteiger charge is -2.17. The molecule has 98 valence electrons. The molecule has 1 aromatic carbocycles. The maximum absolute atomic E-state index is 13.6. The van der Waals surface area contributed by atoms with Crippen LogP contribution in [0.15, 0.2) is 42.6 Å². The fourth-order valence-corrected chi connectivity index (χ4v) is 1.61. The minimum atomic E-state index is -0.460. The van der Waals surface area contributed by atoms with Crippen LogP contribution in [0.2, 0.25) is 0 Å². The topological polar surface area (TPSA) is 71.2 Å². The number of anilines is 2. The van der Waals surface area contributed by atoms with Crippen molar-refractivity contribution in [2.24, 2.45) is 5.84 Å². The van der Waals surface area contributed by atoms with Crippen molar-refractivity contribution in [3.63, 3.8) is 0 Å². The third kappa shape index (κ3) is 2.69. The number of hydrogen-bond acceptors (Lipinski definition) is 4. The molecule has 5 nitrogen and oxygen atoms in total. The number of pyridine rings is 1. The predicted octanol–water partition coefficient (Wildman–Crippen LogP) is 1.78. The van der Waals surface area contributed by atoms with E-state index in [-0.39, 0.29) is 11.4 Å². The number of para-hydroxylation sites is 1. The lowest BCUT2D eigenvalue weighted by Crippen LogP contribution is -2.27. The van der Waals surface area contributed by atoms with Gasteiger partial charge in [-0.25, -0.2) is 9.37 Å². The zero-order valence-corrected chi connectivity index (χ0v) is 10.3. The summed E-state index contributed by atoms with van der Waals surface area (Å²) in [5.74, 6) is 4.36. The molecule has 1 aromatic heterocycles. The number of carbonyl (C=O) groups excluding carboxylic acids is 1. The maximum atomic E-state index is 13.6. The molecule has 0 bridgehead atoms. The quantitative estimate of drug-likeness (QED) is 0.652. The van der Waals surface area contributed by atoms with E-state index in [4.69, 9.17) is 5.84 Å². The number of halogens is 1. The van der Waals surface area contributed by atoms with Crippen LogP contribution < -0.4 is 16.2 Å². The van der Waals surface area contributed by atoms with E-state index in [0.717, 1.165) is 0 Å². The van der Waals surface area contributed by atoms with Crippen LogP contribution in [0.3, 0.4) is 0 Å². The molecule has 0 radical (unpaired) electrons. The number of amides is 1. The first kappa shape index (κ1) is 13.0. The first-order chi connectivity index (χ1) is 9.13. The number of aromatic nitrogens is 1. The molecule has 0 aliphatic heterocycles. The molecule has 0 aliphatic rings. The van der Waals surface area contributed by atoms with Gasteiger partial charge in [-0.2, -0.15) is 0 Å². The highest BCUT2D eigenvalue weighted by molar-refractivity contribution is 6.04. The number of hydrazine groups is 1. The van der Waals surface area contributed by atoms with E-state index in [0.29, 0.717) is 5.69 Å². The molecular formula is C13H13FN4O. The van der Waals surface area contributed by atoms with E-state index < -0.39 is 11.7 Å². The Morgan fingerprint density at radius 2 is 2.05 bits per heavy atom. The Kier molecular flexibility index (Phi) is 3.72. The van der Waals surface area contributed by atoms with Crippen LogP contribution in [0.4, 0.5) is 15.8 Å². The zero-order valence-electron chi connectivity index (χ0n) is 10.3. The van der Waals surface area contributed by atoms with Crippen molar-refractivity contribution in [3.8, 4) is 0 Å². The molecule has 3 N–H and O–H groups in total. The van der Waals surface area contributed by atoms with Gasteiger partial charge in [-0.05, 0) is 24.3 Å². The van der Waals surface area contributed by atoms with Gasteiger partial charge in [0.05, 0.1) is 17.6 Å². The molecular weight excluding hydrogens is 247 g/mol. The summed E-state index contributed by atoms with van der Waals surface area (Å²) in [6.45, 7) is 0. The number of hydrogen-bond donors (Lipinski definition) is 2. The van der Waals surface area contributed by atoms with Gasteiger partial charge in [-0.15, -0.1) is 0 Å². The summed E-state index contributed by atoms with van der Waals surface area (Å²) in [4.78, 5) is 17.3. The van der Waals surface area contributed by atoms with Crippen LogP contribution in [-0.4, -0.2) is 17.9 Å².